The second-order valence-electron chi connectivity index (χ2n) is 5.40. The smallest absolute Gasteiger partial charge is 0.0449 e. The Morgan fingerprint density at radius 2 is 2.06 bits per heavy atom. The van der Waals surface area contributed by atoms with Crippen molar-refractivity contribution in [3.8, 4) is 0 Å². The van der Waals surface area contributed by atoms with Crippen LogP contribution in [0.2, 0.25) is 5.02 Å². The molecule has 100 valence electrons. The molecule has 1 N–H and O–H groups in total. The molecule has 1 aromatic rings. The number of hydrogen-bond acceptors (Lipinski definition) is 1. The molecule has 1 aliphatic carbocycles. The first-order chi connectivity index (χ1) is 8.65. The Kier molecular flexibility index (Phi) is 5.11. The number of nitrogens with one attached hydrogen (secondary N) is 1. The fraction of sp³-hybridized carbons (Fsp3) is 0.600. The lowest BCUT2D eigenvalue weighted by molar-refractivity contribution is 0.280. The lowest BCUT2D eigenvalue weighted by Gasteiger charge is -2.30. The van der Waals surface area contributed by atoms with Gasteiger partial charge in [0.2, 0.25) is 0 Å². The Morgan fingerprint density at radius 3 is 2.67 bits per heavy atom. The van der Waals surface area contributed by atoms with Crippen molar-refractivity contribution in [1.82, 2.24) is 5.32 Å². The van der Waals surface area contributed by atoms with Crippen molar-refractivity contribution in [2.75, 3.05) is 13.1 Å². The zero-order valence-electron chi connectivity index (χ0n) is 10.9. The van der Waals surface area contributed by atoms with E-state index in [1.807, 2.05) is 6.07 Å². The molecule has 0 heterocycles. The highest BCUT2D eigenvalue weighted by Gasteiger charge is 2.33. The average molecular weight is 331 g/mol. The van der Waals surface area contributed by atoms with Gasteiger partial charge in [-0.25, -0.2) is 0 Å². The lowest BCUT2D eigenvalue weighted by Crippen LogP contribution is -2.34. The minimum atomic E-state index is 0.424. The van der Waals surface area contributed by atoms with Crippen LogP contribution in [0.3, 0.4) is 0 Å². The quantitative estimate of drug-likeness (QED) is 0.816. The van der Waals surface area contributed by atoms with Gasteiger partial charge in [0, 0.05) is 16.0 Å². The van der Waals surface area contributed by atoms with E-state index < -0.39 is 0 Å². The van der Waals surface area contributed by atoms with Gasteiger partial charge < -0.3 is 5.32 Å². The topological polar surface area (TPSA) is 12.0 Å². The summed E-state index contributed by atoms with van der Waals surface area (Å²) in [5.41, 5.74) is 1.72. The van der Waals surface area contributed by atoms with Crippen LogP contribution in [0.1, 0.15) is 38.2 Å². The molecule has 0 unspecified atom stereocenters. The maximum atomic E-state index is 6.35. The molecule has 0 aromatic heterocycles. The maximum Gasteiger partial charge on any atom is 0.0449 e. The van der Waals surface area contributed by atoms with E-state index in [-0.39, 0.29) is 0 Å². The van der Waals surface area contributed by atoms with Crippen LogP contribution in [-0.2, 0) is 6.42 Å². The summed E-state index contributed by atoms with van der Waals surface area (Å²) < 4.78 is 1.06. The van der Waals surface area contributed by atoms with Crippen molar-refractivity contribution in [3.63, 3.8) is 0 Å². The highest BCUT2D eigenvalue weighted by atomic mass is 79.9. The van der Waals surface area contributed by atoms with Gasteiger partial charge in [-0.1, -0.05) is 53.4 Å². The second kappa shape index (κ2) is 6.40. The summed E-state index contributed by atoms with van der Waals surface area (Å²) in [4.78, 5) is 0. The molecule has 0 spiro atoms. The van der Waals surface area contributed by atoms with Gasteiger partial charge in [-0.05, 0) is 48.9 Å². The summed E-state index contributed by atoms with van der Waals surface area (Å²) >= 11 is 9.82. The third-order valence-corrected chi connectivity index (χ3v) is 4.84. The average Bonchev–Trinajstić information content (AvgIpc) is 2.80. The predicted molar refractivity (Wildman–Crippen MR) is 82.3 cm³/mol. The molecular weight excluding hydrogens is 310 g/mol. The summed E-state index contributed by atoms with van der Waals surface area (Å²) in [6.07, 6.45) is 6.48. The van der Waals surface area contributed by atoms with E-state index in [4.69, 9.17) is 11.6 Å². The molecule has 0 saturated heterocycles. The number of halogens is 2. The van der Waals surface area contributed by atoms with Crippen molar-refractivity contribution in [1.29, 1.82) is 0 Å². The van der Waals surface area contributed by atoms with E-state index in [0.717, 1.165) is 29.0 Å². The van der Waals surface area contributed by atoms with Crippen LogP contribution in [-0.4, -0.2) is 13.1 Å². The summed E-state index contributed by atoms with van der Waals surface area (Å²) in [6, 6.07) is 6.27. The highest BCUT2D eigenvalue weighted by Crippen LogP contribution is 2.41. The summed E-state index contributed by atoms with van der Waals surface area (Å²) in [7, 11) is 0. The van der Waals surface area contributed by atoms with E-state index in [9.17, 15) is 0 Å². The van der Waals surface area contributed by atoms with Crippen LogP contribution in [0.4, 0.5) is 0 Å². The Morgan fingerprint density at radius 1 is 1.33 bits per heavy atom. The molecule has 0 bridgehead atoms. The third-order valence-electron chi connectivity index (χ3n) is 3.99. The van der Waals surface area contributed by atoms with E-state index in [2.05, 4.69) is 40.3 Å². The Bertz CT molecular complexity index is 399. The SMILES string of the molecule is CCNCC1(Cc2ccc(Br)cc2Cl)CCCC1. The molecule has 0 atom stereocenters. The van der Waals surface area contributed by atoms with E-state index >= 15 is 0 Å². The molecule has 0 radical (unpaired) electrons. The van der Waals surface area contributed by atoms with Crippen LogP contribution in [0.25, 0.3) is 0 Å². The second-order valence-corrected chi connectivity index (χ2v) is 6.72. The minimum Gasteiger partial charge on any atom is -0.316 e. The largest absolute Gasteiger partial charge is 0.316 e. The molecule has 1 saturated carbocycles. The first-order valence-electron chi connectivity index (χ1n) is 6.80. The van der Waals surface area contributed by atoms with Gasteiger partial charge in [0.1, 0.15) is 0 Å². The van der Waals surface area contributed by atoms with E-state index in [1.165, 1.54) is 31.2 Å². The molecule has 0 amide bonds. The van der Waals surface area contributed by atoms with Gasteiger partial charge in [0.25, 0.3) is 0 Å². The van der Waals surface area contributed by atoms with Crippen LogP contribution in [0.15, 0.2) is 22.7 Å². The summed E-state index contributed by atoms with van der Waals surface area (Å²) in [5, 5.41) is 4.43. The highest BCUT2D eigenvalue weighted by molar-refractivity contribution is 9.10. The van der Waals surface area contributed by atoms with Crippen LogP contribution >= 0.6 is 27.5 Å². The Labute approximate surface area is 123 Å². The number of hydrogen-bond donors (Lipinski definition) is 1. The van der Waals surface area contributed by atoms with Gasteiger partial charge in [-0.15, -0.1) is 0 Å². The lowest BCUT2D eigenvalue weighted by atomic mass is 9.80. The zero-order chi connectivity index (χ0) is 13.0. The zero-order valence-corrected chi connectivity index (χ0v) is 13.3. The van der Waals surface area contributed by atoms with Crippen LogP contribution in [0.5, 0.6) is 0 Å². The minimum absolute atomic E-state index is 0.424. The van der Waals surface area contributed by atoms with Gasteiger partial charge >= 0.3 is 0 Å². The first kappa shape index (κ1) is 14.4. The van der Waals surface area contributed by atoms with Crippen molar-refractivity contribution in [2.45, 2.75) is 39.0 Å². The molecule has 1 aliphatic rings. The van der Waals surface area contributed by atoms with Gasteiger partial charge in [0.15, 0.2) is 0 Å². The number of benzene rings is 1. The normalized spacial score (nSPS) is 18.2. The van der Waals surface area contributed by atoms with Crippen LogP contribution in [0, 0.1) is 5.41 Å². The van der Waals surface area contributed by atoms with Gasteiger partial charge in [-0.2, -0.15) is 0 Å². The summed E-state index contributed by atoms with van der Waals surface area (Å²) in [6.45, 7) is 4.35. The Hall–Kier alpha value is -0.0500. The molecular formula is C15H21BrClN. The molecule has 0 aliphatic heterocycles. The van der Waals surface area contributed by atoms with Gasteiger partial charge in [0.05, 0.1) is 0 Å². The molecule has 1 aromatic carbocycles. The van der Waals surface area contributed by atoms with Crippen molar-refractivity contribution >= 4 is 27.5 Å². The fourth-order valence-electron chi connectivity index (χ4n) is 3.00. The standard InChI is InChI=1S/C15H21BrClN/c1-2-18-11-15(7-3-4-8-15)10-12-5-6-13(16)9-14(12)17/h5-6,9,18H,2-4,7-8,10-11H2,1H3. The molecule has 1 fully saturated rings. The summed E-state index contributed by atoms with van der Waals surface area (Å²) in [5.74, 6) is 0. The van der Waals surface area contributed by atoms with Crippen molar-refractivity contribution in [2.24, 2.45) is 5.41 Å². The van der Waals surface area contributed by atoms with Crippen molar-refractivity contribution in [3.05, 3.63) is 33.3 Å². The fourth-order valence-corrected chi connectivity index (χ4v) is 3.74. The van der Waals surface area contributed by atoms with E-state index in [0.29, 0.717) is 5.41 Å². The number of rotatable bonds is 5. The molecule has 3 heteroatoms. The maximum absolute atomic E-state index is 6.35. The molecule has 1 nitrogen and oxygen atoms in total. The predicted octanol–water partition coefficient (Wildman–Crippen LogP) is 4.81. The third kappa shape index (κ3) is 3.49. The molecule has 2 rings (SSSR count). The molecule has 18 heavy (non-hydrogen) atoms. The van der Waals surface area contributed by atoms with E-state index in [1.54, 1.807) is 0 Å². The van der Waals surface area contributed by atoms with Gasteiger partial charge in [-0.3, -0.25) is 0 Å². The monoisotopic (exact) mass is 329 g/mol. The Balaban J connectivity index is 2.13. The van der Waals surface area contributed by atoms with Crippen LogP contribution < -0.4 is 5.32 Å². The van der Waals surface area contributed by atoms with Crippen molar-refractivity contribution < 1.29 is 0 Å². The first-order valence-corrected chi connectivity index (χ1v) is 7.97.